The van der Waals surface area contributed by atoms with Crippen molar-refractivity contribution in [2.75, 3.05) is 25.1 Å². The third-order valence-electron chi connectivity index (χ3n) is 2.48. The summed E-state index contributed by atoms with van der Waals surface area (Å²) >= 11 is 0. The summed E-state index contributed by atoms with van der Waals surface area (Å²) in [6.45, 7) is 10.8. The van der Waals surface area contributed by atoms with E-state index in [1.54, 1.807) is 38.1 Å². The van der Waals surface area contributed by atoms with E-state index in [-0.39, 0.29) is 10.9 Å². The zero-order valence-electron chi connectivity index (χ0n) is 12.8. The number of hydrogen-bond donors (Lipinski definition) is 2. The quantitative estimate of drug-likeness (QED) is 0.543. The third-order valence-corrected chi connectivity index (χ3v) is 4.19. The summed E-state index contributed by atoms with van der Waals surface area (Å²) in [6, 6.07) is 6.68. The molecule has 6 heteroatoms. The van der Waals surface area contributed by atoms with E-state index in [4.69, 9.17) is 4.74 Å². The van der Waals surface area contributed by atoms with Gasteiger partial charge in [-0.15, -0.1) is 0 Å². The number of nitrogens with one attached hydrogen (secondary N) is 2. The van der Waals surface area contributed by atoms with Gasteiger partial charge in [-0.25, -0.2) is 13.1 Å². The second-order valence-electron chi connectivity index (χ2n) is 5.21. The number of hydrogen-bond acceptors (Lipinski definition) is 4. The zero-order valence-corrected chi connectivity index (χ0v) is 13.7. The lowest BCUT2D eigenvalue weighted by atomic mass is 10.3. The highest BCUT2D eigenvalue weighted by molar-refractivity contribution is 7.89. The molecule has 1 aromatic carbocycles. The molecule has 1 rings (SSSR count). The van der Waals surface area contributed by atoms with Crippen LogP contribution in [0.1, 0.15) is 20.8 Å². The van der Waals surface area contributed by atoms with E-state index in [0.29, 0.717) is 25.4 Å². The maximum absolute atomic E-state index is 12.2. The van der Waals surface area contributed by atoms with Gasteiger partial charge in [0.05, 0.1) is 18.9 Å². The largest absolute Gasteiger partial charge is 0.382 e. The van der Waals surface area contributed by atoms with Crippen molar-refractivity contribution in [1.82, 2.24) is 4.72 Å². The Kier molecular flexibility index (Phi) is 6.87. The minimum absolute atomic E-state index is 0.151. The van der Waals surface area contributed by atoms with Crippen LogP contribution in [-0.4, -0.2) is 34.2 Å². The molecule has 21 heavy (non-hydrogen) atoms. The minimum Gasteiger partial charge on any atom is -0.382 e. The van der Waals surface area contributed by atoms with E-state index in [9.17, 15) is 8.42 Å². The van der Waals surface area contributed by atoms with Gasteiger partial charge in [-0.05, 0) is 32.9 Å². The van der Waals surface area contributed by atoms with Gasteiger partial charge in [0.1, 0.15) is 4.90 Å². The molecular weight excluding hydrogens is 288 g/mol. The van der Waals surface area contributed by atoms with Crippen LogP contribution in [0.2, 0.25) is 0 Å². The average Bonchev–Trinajstić information content (AvgIpc) is 2.37. The van der Waals surface area contributed by atoms with Crippen LogP contribution in [0.4, 0.5) is 5.69 Å². The molecule has 0 radical (unpaired) electrons. The molecule has 0 bridgehead atoms. The van der Waals surface area contributed by atoms with Crippen LogP contribution in [0, 0.1) is 0 Å². The molecule has 0 heterocycles. The topological polar surface area (TPSA) is 67.4 Å². The summed E-state index contributed by atoms with van der Waals surface area (Å²) in [4.78, 5) is 0.249. The molecule has 0 atom stereocenters. The third kappa shape index (κ3) is 6.29. The Morgan fingerprint density at radius 3 is 2.62 bits per heavy atom. The average molecular weight is 312 g/mol. The molecule has 0 aliphatic carbocycles. The first-order chi connectivity index (χ1) is 9.83. The summed E-state index contributed by atoms with van der Waals surface area (Å²) < 4.78 is 32.5. The summed E-state index contributed by atoms with van der Waals surface area (Å²) in [5, 5.41) is 3.09. The van der Waals surface area contributed by atoms with E-state index in [0.717, 1.165) is 5.57 Å². The molecule has 0 aliphatic rings. The smallest absolute Gasteiger partial charge is 0.242 e. The van der Waals surface area contributed by atoms with Gasteiger partial charge in [0.2, 0.25) is 10.0 Å². The molecule has 0 saturated heterocycles. The van der Waals surface area contributed by atoms with Gasteiger partial charge in [-0.3, -0.25) is 0 Å². The van der Waals surface area contributed by atoms with Crippen molar-refractivity contribution in [3.05, 3.63) is 36.4 Å². The molecular formula is C15H24N2O3S. The molecule has 0 amide bonds. The predicted octanol–water partition coefficient (Wildman–Crippen LogP) is 2.38. The summed E-state index contributed by atoms with van der Waals surface area (Å²) in [6.07, 6.45) is 0. The van der Waals surface area contributed by atoms with E-state index < -0.39 is 10.0 Å². The normalized spacial score (nSPS) is 11.6. The van der Waals surface area contributed by atoms with Crippen LogP contribution >= 0.6 is 0 Å². The molecule has 5 nitrogen and oxygen atoms in total. The van der Waals surface area contributed by atoms with Gasteiger partial charge in [-0.1, -0.05) is 24.3 Å². The molecule has 0 saturated carbocycles. The second kappa shape index (κ2) is 8.17. The van der Waals surface area contributed by atoms with Crippen molar-refractivity contribution in [2.24, 2.45) is 0 Å². The Labute approximate surface area is 127 Å². The Bertz CT molecular complexity index is 568. The highest BCUT2D eigenvalue weighted by atomic mass is 32.2. The number of benzene rings is 1. The van der Waals surface area contributed by atoms with Crippen molar-refractivity contribution in [3.63, 3.8) is 0 Å². The fourth-order valence-electron chi connectivity index (χ4n) is 1.73. The van der Waals surface area contributed by atoms with E-state index in [1.807, 2.05) is 6.92 Å². The summed E-state index contributed by atoms with van der Waals surface area (Å²) in [5.74, 6) is 0. The molecule has 0 fully saturated rings. The van der Waals surface area contributed by atoms with Gasteiger partial charge in [0, 0.05) is 12.6 Å². The van der Waals surface area contributed by atoms with Crippen LogP contribution in [0.5, 0.6) is 0 Å². The molecule has 1 aromatic rings. The fraction of sp³-hybridized carbons (Fsp3) is 0.467. The first-order valence-electron chi connectivity index (χ1n) is 6.90. The van der Waals surface area contributed by atoms with Crippen molar-refractivity contribution in [1.29, 1.82) is 0 Å². The molecule has 0 spiro atoms. The van der Waals surface area contributed by atoms with E-state index in [2.05, 4.69) is 16.6 Å². The Morgan fingerprint density at radius 2 is 2.00 bits per heavy atom. The lowest BCUT2D eigenvalue weighted by molar-refractivity contribution is 0.167. The second-order valence-corrected chi connectivity index (χ2v) is 6.89. The van der Waals surface area contributed by atoms with Crippen LogP contribution in [0.3, 0.4) is 0 Å². The van der Waals surface area contributed by atoms with Crippen LogP contribution < -0.4 is 10.0 Å². The van der Waals surface area contributed by atoms with Crippen molar-refractivity contribution in [3.8, 4) is 0 Å². The maximum Gasteiger partial charge on any atom is 0.242 e. The lowest BCUT2D eigenvalue weighted by Crippen LogP contribution is -2.30. The highest BCUT2D eigenvalue weighted by Gasteiger charge is 2.18. The Hall–Kier alpha value is -1.37. The fourth-order valence-corrected chi connectivity index (χ4v) is 3.16. The SMILES string of the molecule is C=C(C)COCCNc1ccccc1S(=O)(=O)NC(C)C. The van der Waals surface area contributed by atoms with Gasteiger partial charge >= 0.3 is 0 Å². The predicted molar refractivity (Wildman–Crippen MR) is 86.0 cm³/mol. The molecule has 0 aromatic heterocycles. The van der Waals surface area contributed by atoms with Gasteiger partial charge in [0.15, 0.2) is 0 Å². The monoisotopic (exact) mass is 312 g/mol. The first-order valence-corrected chi connectivity index (χ1v) is 8.38. The highest BCUT2D eigenvalue weighted by Crippen LogP contribution is 2.20. The van der Waals surface area contributed by atoms with Gasteiger partial charge < -0.3 is 10.1 Å². The van der Waals surface area contributed by atoms with Crippen molar-refractivity contribution in [2.45, 2.75) is 31.7 Å². The number of para-hydroxylation sites is 1. The standard InChI is InChI=1S/C15H24N2O3S/c1-12(2)11-20-10-9-16-14-7-5-6-8-15(14)21(18,19)17-13(3)4/h5-8,13,16-17H,1,9-11H2,2-4H3. The van der Waals surface area contributed by atoms with Gasteiger partial charge in [-0.2, -0.15) is 0 Å². The first kappa shape index (κ1) is 17.7. The maximum atomic E-state index is 12.2. The van der Waals surface area contributed by atoms with Crippen LogP contribution in [0.15, 0.2) is 41.3 Å². The molecule has 0 unspecified atom stereocenters. The lowest BCUT2D eigenvalue weighted by Gasteiger charge is -2.14. The van der Waals surface area contributed by atoms with Crippen LogP contribution in [0.25, 0.3) is 0 Å². The number of anilines is 1. The number of ether oxygens (including phenoxy) is 1. The Morgan fingerprint density at radius 1 is 1.33 bits per heavy atom. The molecule has 2 N–H and O–H groups in total. The summed E-state index contributed by atoms with van der Waals surface area (Å²) in [7, 11) is -3.51. The van der Waals surface area contributed by atoms with E-state index in [1.165, 1.54) is 0 Å². The molecule has 0 aliphatic heterocycles. The van der Waals surface area contributed by atoms with Crippen LogP contribution in [-0.2, 0) is 14.8 Å². The summed E-state index contributed by atoms with van der Waals surface area (Å²) in [5.41, 5.74) is 1.53. The zero-order chi connectivity index (χ0) is 15.9. The minimum atomic E-state index is -3.51. The number of sulfonamides is 1. The Balaban J connectivity index is 2.69. The van der Waals surface area contributed by atoms with Crippen molar-refractivity contribution < 1.29 is 13.2 Å². The van der Waals surface area contributed by atoms with E-state index >= 15 is 0 Å². The number of rotatable bonds is 9. The van der Waals surface area contributed by atoms with Gasteiger partial charge in [0.25, 0.3) is 0 Å². The molecule has 118 valence electrons. The van der Waals surface area contributed by atoms with Crippen molar-refractivity contribution >= 4 is 15.7 Å².